The van der Waals surface area contributed by atoms with Gasteiger partial charge < -0.3 is 26.0 Å². The van der Waals surface area contributed by atoms with Crippen LogP contribution in [-0.2, 0) is 0 Å². The van der Waals surface area contributed by atoms with Crippen molar-refractivity contribution in [3.05, 3.63) is 59.7 Å². The van der Waals surface area contributed by atoms with Crippen LogP contribution in [0.25, 0.3) is 0 Å². The summed E-state index contributed by atoms with van der Waals surface area (Å²) in [5.74, 6) is 0.702. The number of nitrogens with zero attached hydrogens (tertiary/aromatic N) is 1. The third kappa shape index (κ3) is 4.69. The normalized spacial score (nSPS) is 16.2. The van der Waals surface area contributed by atoms with Crippen molar-refractivity contribution in [2.75, 3.05) is 32.1 Å². The number of benzene rings is 2. The molecule has 1 saturated heterocycles. The molecule has 0 radical (unpaired) electrons. The lowest BCUT2D eigenvalue weighted by atomic mass is 10.0. The first-order valence-electron chi connectivity index (χ1n) is 8.41. The molecule has 0 aromatic heterocycles. The molecule has 144 valence electrons. The Kier molecular flexibility index (Phi) is 7.04. The quantitative estimate of drug-likeness (QED) is 0.746. The maximum atomic E-state index is 13.1. The molecule has 1 aliphatic heterocycles. The number of hydrogen-bond acceptors (Lipinski definition) is 4. The van der Waals surface area contributed by atoms with Crippen molar-refractivity contribution in [2.24, 2.45) is 5.73 Å². The van der Waals surface area contributed by atoms with Crippen LogP contribution in [0.4, 0.5) is 10.5 Å². The van der Waals surface area contributed by atoms with E-state index in [9.17, 15) is 9.59 Å². The first-order chi connectivity index (χ1) is 12.6. The number of halogens is 1. The number of para-hydroxylation sites is 1. The van der Waals surface area contributed by atoms with Crippen LogP contribution in [0, 0.1) is 0 Å². The van der Waals surface area contributed by atoms with Gasteiger partial charge in [-0.15, -0.1) is 12.4 Å². The topological polar surface area (TPSA) is 96.7 Å². The van der Waals surface area contributed by atoms with Crippen molar-refractivity contribution < 1.29 is 14.3 Å². The zero-order valence-electron chi connectivity index (χ0n) is 15.0. The maximum Gasteiger partial charge on any atom is 0.316 e. The number of primary amides is 1. The molecule has 3 rings (SSSR count). The van der Waals surface area contributed by atoms with Crippen molar-refractivity contribution in [1.29, 1.82) is 0 Å². The number of amides is 3. The summed E-state index contributed by atoms with van der Waals surface area (Å²) in [6.45, 7) is 2.00. The number of nitrogens with two attached hydrogens (primary N) is 1. The number of carbonyl (C=O) groups excluding carboxylic acids is 2. The van der Waals surface area contributed by atoms with Crippen molar-refractivity contribution in [1.82, 2.24) is 10.2 Å². The van der Waals surface area contributed by atoms with Gasteiger partial charge in [0, 0.05) is 36.4 Å². The lowest BCUT2D eigenvalue weighted by Gasteiger charge is -2.37. The standard InChI is InChI=1S/C19H22N4O3.ClH/c1-26-17-5-3-2-4-15(17)16-12-21-10-11-23(16)18(24)13-6-8-14(9-7-13)22-19(20)25;/h2-9,16,21H,10-12H2,1H3,(H3,20,22,25);1H. The molecule has 1 aliphatic rings. The third-order valence-corrected chi connectivity index (χ3v) is 4.40. The van der Waals surface area contributed by atoms with Crippen molar-refractivity contribution in [3.8, 4) is 5.75 Å². The third-order valence-electron chi connectivity index (χ3n) is 4.40. The van der Waals surface area contributed by atoms with Gasteiger partial charge in [0.2, 0.25) is 0 Å². The van der Waals surface area contributed by atoms with Gasteiger partial charge in [-0.3, -0.25) is 4.79 Å². The van der Waals surface area contributed by atoms with Gasteiger partial charge in [-0.2, -0.15) is 0 Å². The van der Waals surface area contributed by atoms with Crippen LogP contribution in [0.2, 0.25) is 0 Å². The van der Waals surface area contributed by atoms with Crippen LogP contribution in [0.15, 0.2) is 48.5 Å². The van der Waals surface area contributed by atoms with E-state index in [0.29, 0.717) is 24.3 Å². The van der Waals surface area contributed by atoms with E-state index in [-0.39, 0.29) is 24.4 Å². The highest BCUT2D eigenvalue weighted by molar-refractivity contribution is 5.95. The highest BCUT2D eigenvalue weighted by Gasteiger charge is 2.30. The number of urea groups is 1. The van der Waals surface area contributed by atoms with Crippen LogP contribution in [0.3, 0.4) is 0 Å². The molecule has 0 spiro atoms. The van der Waals surface area contributed by atoms with E-state index in [2.05, 4.69) is 10.6 Å². The van der Waals surface area contributed by atoms with Gasteiger partial charge in [0.05, 0.1) is 13.2 Å². The zero-order valence-corrected chi connectivity index (χ0v) is 15.8. The van der Waals surface area contributed by atoms with Crippen LogP contribution in [-0.4, -0.2) is 43.6 Å². The molecule has 1 atom stereocenters. The molecule has 1 heterocycles. The van der Waals surface area contributed by atoms with Crippen molar-refractivity contribution >= 4 is 30.0 Å². The van der Waals surface area contributed by atoms with Crippen LogP contribution in [0.1, 0.15) is 22.0 Å². The number of carbonyl (C=O) groups is 2. The molecular formula is C19H23ClN4O3. The smallest absolute Gasteiger partial charge is 0.316 e. The van der Waals surface area contributed by atoms with E-state index in [1.54, 1.807) is 31.4 Å². The van der Waals surface area contributed by atoms with Crippen LogP contribution >= 0.6 is 12.4 Å². The van der Waals surface area contributed by atoms with E-state index >= 15 is 0 Å². The number of ether oxygens (including phenoxy) is 1. The Morgan fingerprint density at radius 3 is 2.56 bits per heavy atom. The SMILES string of the molecule is COc1ccccc1C1CNCCN1C(=O)c1ccc(NC(N)=O)cc1.Cl. The zero-order chi connectivity index (χ0) is 18.5. The summed E-state index contributed by atoms with van der Waals surface area (Å²) >= 11 is 0. The predicted molar refractivity (Wildman–Crippen MR) is 107 cm³/mol. The van der Waals surface area contributed by atoms with Crippen LogP contribution < -0.4 is 21.1 Å². The van der Waals surface area contributed by atoms with Gasteiger partial charge in [-0.1, -0.05) is 18.2 Å². The van der Waals surface area contributed by atoms with Gasteiger partial charge in [0.1, 0.15) is 5.75 Å². The lowest BCUT2D eigenvalue weighted by Crippen LogP contribution is -2.48. The molecule has 7 nitrogen and oxygen atoms in total. The number of piperazine rings is 1. The summed E-state index contributed by atoms with van der Waals surface area (Å²) in [5, 5.41) is 5.83. The summed E-state index contributed by atoms with van der Waals surface area (Å²) in [6, 6.07) is 13.7. The highest BCUT2D eigenvalue weighted by atomic mass is 35.5. The summed E-state index contributed by atoms with van der Waals surface area (Å²) < 4.78 is 5.47. The fourth-order valence-electron chi connectivity index (χ4n) is 3.17. The maximum absolute atomic E-state index is 13.1. The molecule has 3 amide bonds. The van der Waals surface area contributed by atoms with Gasteiger partial charge >= 0.3 is 6.03 Å². The second-order valence-corrected chi connectivity index (χ2v) is 6.03. The Balaban J connectivity index is 0.00000261. The fourth-order valence-corrected chi connectivity index (χ4v) is 3.17. The van der Waals surface area contributed by atoms with E-state index in [4.69, 9.17) is 10.5 Å². The van der Waals surface area contributed by atoms with E-state index in [0.717, 1.165) is 17.9 Å². The number of methoxy groups -OCH3 is 1. The lowest BCUT2D eigenvalue weighted by molar-refractivity contribution is 0.0631. The van der Waals surface area contributed by atoms with Crippen molar-refractivity contribution in [2.45, 2.75) is 6.04 Å². The Hall–Kier alpha value is -2.77. The summed E-state index contributed by atoms with van der Waals surface area (Å²) in [7, 11) is 1.63. The molecule has 0 saturated carbocycles. The van der Waals surface area contributed by atoms with Gasteiger partial charge in [-0.25, -0.2) is 4.79 Å². The first kappa shape index (κ1) is 20.5. The summed E-state index contributed by atoms with van der Waals surface area (Å²) in [4.78, 5) is 25.8. The Labute approximate surface area is 164 Å². The molecular weight excluding hydrogens is 368 g/mol. The molecule has 0 aliphatic carbocycles. The molecule has 2 aromatic carbocycles. The first-order valence-corrected chi connectivity index (χ1v) is 8.41. The Morgan fingerprint density at radius 1 is 1.19 bits per heavy atom. The monoisotopic (exact) mass is 390 g/mol. The molecule has 8 heteroatoms. The molecule has 27 heavy (non-hydrogen) atoms. The Bertz CT molecular complexity index is 798. The average molecular weight is 391 g/mol. The molecule has 1 fully saturated rings. The average Bonchev–Trinajstić information content (AvgIpc) is 2.67. The van der Waals surface area contributed by atoms with E-state index < -0.39 is 6.03 Å². The minimum atomic E-state index is -0.637. The second-order valence-electron chi connectivity index (χ2n) is 6.03. The Morgan fingerprint density at radius 2 is 1.89 bits per heavy atom. The number of hydrogen-bond donors (Lipinski definition) is 3. The fraction of sp³-hybridized carbons (Fsp3) is 0.263. The minimum absolute atomic E-state index is 0. The van der Waals surface area contributed by atoms with Gasteiger partial charge in [0.15, 0.2) is 0 Å². The molecule has 0 bridgehead atoms. The highest BCUT2D eigenvalue weighted by Crippen LogP contribution is 2.31. The number of nitrogens with one attached hydrogen (secondary N) is 2. The predicted octanol–water partition coefficient (Wildman–Crippen LogP) is 2.39. The van der Waals surface area contributed by atoms with Gasteiger partial charge in [-0.05, 0) is 30.3 Å². The van der Waals surface area contributed by atoms with Gasteiger partial charge in [0.25, 0.3) is 5.91 Å². The molecule has 4 N–H and O–H groups in total. The van der Waals surface area contributed by atoms with E-state index in [1.165, 1.54) is 0 Å². The number of anilines is 1. The van der Waals surface area contributed by atoms with Crippen molar-refractivity contribution in [3.63, 3.8) is 0 Å². The van der Waals surface area contributed by atoms with E-state index in [1.807, 2.05) is 29.2 Å². The molecule has 2 aromatic rings. The van der Waals surface area contributed by atoms with Crippen LogP contribution in [0.5, 0.6) is 5.75 Å². The molecule has 1 unspecified atom stereocenters. The second kappa shape index (κ2) is 9.25. The summed E-state index contributed by atoms with van der Waals surface area (Å²) in [5.41, 5.74) is 7.19. The summed E-state index contributed by atoms with van der Waals surface area (Å²) in [6.07, 6.45) is 0. The largest absolute Gasteiger partial charge is 0.496 e. The minimum Gasteiger partial charge on any atom is -0.496 e. The number of rotatable bonds is 4.